The van der Waals surface area contributed by atoms with Crippen LogP contribution in [0.15, 0.2) is 24.3 Å². The van der Waals surface area contributed by atoms with E-state index in [9.17, 15) is 0 Å². The summed E-state index contributed by atoms with van der Waals surface area (Å²) < 4.78 is 7.38. The second-order valence-electron chi connectivity index (χ2n) is 4.32. The Bertz CT molecular complexity index is 474. The average Bonchev–Trinajstić information content (AvgIpc) is 2.74. The van der Waals surface area contributed by atoms with Gasteiger partial charge in [0.25, 0.3) is 0 Å². The third-order valence-corrected chi connectivity index (χ3v) is 3.19. The molecule has 0 amide bonds. The minimum absolute atomic E-state index is 0.679. The second kappa shape index (κ2) is 4.22. The molecule has 0 bridgehead atoms. The van der Waals surface area contributed by atoms with Gasteiger partial charge in [-0.3, -0.25) is 0 Å². The second-order valence-corrected chi connectivity index (χ2v) is 4.32. The zero-order chi connectivity index (χ0) is 10.8. The summed E-state index contributed by atoms with van der Waals surface area (Å²) in [4.78, 5) is 0. The van der Waals surface area contributed by atoms with Gasteiger partial charge >= 0.3 is 0 Å². The van der Waals surface area contributed by atoms with E-state index in [2.05, 4.69) is 16.4 Å². The van der Waals surface area contributed by atoms with Crippen molar-refractivity contribution in [3.05, 3.63) is 24.3 Å². The smallest absolute Gasteiger partial charge is 0.113 e. The Kier molecular flexibility index (Phi) is 2.58. The number of ether oxygens (including phenoxy) is 1. The van der Waals surface area contributed by atoms with E-state index in [-0.39, 0.29) is 0 Å². The molecule has 0 radical (unpaired) electrons. The number of nitrogens with zero attached hydrogens (tertiary/aromatic N) is 3. The third kappa shape index (κ3) is 1.80. The topological polar surface area (TPSA) is 39.9 Å². The Morgan fingerprint density at radius 3 is 2.94 bits per heavy atom. The van der Waals surface area contributed by atoms with E-state index >= 15 is 0 Å². The van der Waals surface area contributed by atoms with Gasteiger partial charge in [0.2, 0.25) is 0 Å². The highest BCUT2D eigenvalue weighted by Gasteiger charge is 2.15. The van der Waals surface area contributed by atoms with Gasteiger partial charge in [0.05, 0.1) is 5.52 Å². The Morgan fingerprint density at radius 1 is 1.25 bits per heavy atom. The average molecular weight is 217 g/mol. The minimum Gasteiger partial charge on any atom is -0.381 e. The molecule has 3 rings (SSSR count). The van der Waals surface area contributed by atoms with Gasteiger partial charge in [-0.2, -0.15) is 0 Å². The van der Waals surface area contributed by atoms with Gasteiger partial charge in [0.1, 0.15) is 5.52 Å². The van der Waals surface area contributed by atoms with Crippen molar-refractivity contribution in [2.24, 2.45) is 5.92 Å². The Labute approximate surface area is 94.2 Å². The molecule has 1 aliphatic rings. The van der Waals surface area contributed by atoms with Crippen molar-refractivity contribution in [2.45, 2.75) is 19.4 Å². The molecule has 2 aromatic rings. The molecule has 1 aliphatic heterocycles. The van der Waals surface area contributed by atoms with Gasteiger partial charge < -0.3 is 4.74 Å². The molecule has 1 aromatic carbocycles. The molecular weight excluding hydrogens is 202 g/mol. The number of hydrogen-bond acceptors (Lipinski definition) is 3. The molecular formula is C12H15N3O. The van der Waals surface area contributed by atoms with Crippen molar-refractivity contribution in [3.8, 4) is 0 Å². The first-order valence-corrected chi connectivity index (χ1v) is 5.79. The van der Waals surface area contributed by atoms with Gasteiger partial charge in [0.15, 0.2) is 0 Å². The molecule has 0 atom stereocenters. The summed E-state index contributed by atoms with van der Waals surface area (Å²) in [5.41, 5.74) is 2.11. The van der Waals surface area contributed by atoms with Crippen molar-refractivity contribution >= 4 is 11.0 Å². The zero-order valence-electron chi connectivity index (χ0n) is 9.17. The summed E-state index contributed by atoms with van der Waals surface area (Å²) in [6.07, 6.45) is 2.27. The SMILES string of the molecule is c1ccc2c(c1)nnn2CC1CCOCC1. The van der Waals surface area contributed by atoms with E-state index in [1.165, 1.54) is 0 Å². The molecule has 2 heterocycles. The number of benzene rings is 1. The summed E-state index contributed by atoms with van der Waals surface area (Å²) in [7, 11) is 0. The van der Waals surface area contributed by atoms with Gasteiger partial charge in [-0.25, -0.2) is 4.68 Å². The van der Waals surface area contributed by atoms with E-state index in [0.29, 0.717) is 5.92 Å². The first kappa shape index (κ1) is 9.78. The largest absolute Gasteiger partial charge is 0.381 e. The summed E-state index contributed by atoms with van der Waals surface area (Å²) in [6.45, 7) is 2.73. The highest BCUT2D eigenvalue weighted by molar-refractivity contribution is 5.73. The molecule has 4 nitrogen and oxygen atoms in total. The van der Waals surface area contributed by atoms with Crippen molar-refractivity contribution in [2.75, 3.05) is 13.2 Å². The predicted molar refractivity (Wildman–Crippen MR) is 61.1 cm³/mol. The highest BCUT2D eigenvalue weighted by Crippen LogP contribution is 2.19. The third-order valence-electron chi connectivity index (χ3n) is 3.19. The van der Waals surface area contributed by atoms with E-state index in [1.54, 1.807) is 0 Å². The Balaban J connectivity index is 1.83. The van der Waals surface area contributed by atoms with Crippen LogP contribution in [0.4, 0.5) is 0 Å². The lowest BCUT2D eigenvalue weighted by Crippen LogP contribution is -2.20. The van der Waals surface area contributed by atoms with Gasteiger partial charge in [0, 0.05) is 19.8 Å². The lowest BCUT2D eigenvalue weighted by Gasteiger charge is -2.21. The lowest BCUT2D eigenvalue weighted by atomic mass is 10.0. The van der Waals surface area contributed by atoms with Crippen LogP contribution in [0.1, 0.15) is 12.8 Å². The quantitative estimate of drug-likeness (QED) is 0.770. The fourth-order valence-corrected chi connectivity index (χ4v) is 2.23. The molecule has 84 valence electrons. The van der Waals surface area contributed by atoms with Crippen LogP contribution in [0.5, 0.6) is 0 Å². The Morgan fingerprint density at radius 2 is 2.06 bits per heavy atom. The van der Waals surface area contributed by atoms with Crippen LogP contribution in [-0.4, -0.2) is 28.2 Å². The Hall–Kier alpha value is -1.42. The first-order valence-electron chi connectivity index (χ1n) is 5.79. The number of hydrogen-bond donors (Lipinski definition) is 0. The fourth-order valence-electron chi connectivity index (χ4n) is 2.23. The first-order chi connectivity index (χ1) is 7.93. The summed E-state index contributed by atoms with van der Waals surface area (Å²) in [6, 6.07) is 8.11. The molecule has 1 fully saturated rings. The maximum Gasteiger partial charge on any atom is 0.113 e. The summed E-state index contributed by atoms with van der Waals surface area (Å²) in [5.74, 6) is 0.679. The fraction of sp³-hybridized carbons (Fsp3) is 0.500. The van der Waals surface area contributed by atoms with Gasteiger partial charge in [-0.1, -0.05) is 17.3 Å². The number of aromatic nitrogens is 3. The molecule has 1 saturated heterocycles. The number of rotatable bonds is 2. The van der Waals surface area contributed by atoms with Crippen LogP contribution in [0, 0.1) is 5.92 Å². The number of para-hydroxylation sites is 1. The molecule has 0 aliphatic carbocycles. The molecule has 4 heteroatoms. The van der Waals surface area contributed by atoms with E-state index in [1.807, 2.05) is 22.9 Å². The molecule has 0 unspecified atom stereocenters. The lowest BCUT2D eigenvalue weighted by molar-refractivity contribution is 0.0604. The van der Waals surface area contributed by atoms with Crippen molar-refractivity contribution < 1.29 is 4.74 Å². The minimum atomic E-state index is 0.679. The van der Waals surface area contributed by atoms with Crippen LogP contribution in [-0.2, 0) is 11.3 Å². The van der Waals surface area contributed by atoms with Crippen LogP contribution in [0.3, 0.4) is 0 Å². The standard InChI is InChI=1S/C12H15N3O/c1-2-4-12-11(3-1)13-14-15(12)9-10-5-7-16-8-6-10/h1-4,10H,5-9H2. The van der Waals surface area contributed by atoms with Crippen LogP contribution >= 0.6 is 0 Å². The van der Waals surface area contributed by atoms with E-state index in [0.717, 1.165) is 43.6 Å². The molecule has 1 aromatic heterocycles. The summed E-state index contributed by atoms with van der Waals surface area (Å²) in [5, 5.41) is 8.38. The van der Waals surface area contributed by atoms with Crippen molar-refractivity contribution in [1.82, 2.24) is 15.0 Å². The van der Waals surface area contributed by atoms with Crippen LogP contribution < -0.4 is 0 Å². The predicted octanol–water partition coefficient (Wildman–Crippen LogP) is 1.86. The number of fused-ring (bicyclic) bond motifs is 1. The van der Waals surface area contributed by atoms with Crippen LogP contribution in [0.2, 0.25) is 0 Å². The highest BCUT2D eigenvalue weighted by atomic mass is 16.5. The maximum absolute atomic E-state index is 5.36. The van der Waals surface area contributed by atoms with E-state index < -0.39 is 0 Å². The molecule has 0 spiro atoms. The van der Waals surface area contributed by atoms with Crippen molar-refractivity contribution in [3.63, 3.8) is 0 Å². The van der Waals surface area contributed by atoms with Crippen LogP contribution in [0.25, 0.3) is 11.0 Å². The zero-order valence-corrected chi connectivity index (χ0v) is 9.17. The maximum atomic E-state index is 5.36. The molecule has 0 saturated carbocycles. The summed E-state index contributed by atoms with van der Waals surface area (Å²) >= 11 is 0. The van der Waals surface area contributed by atoms with Gasteiger partial charge in [-0.05, 0) is 30.9 Å². The van der Waals surface area contributed by atoms with Crippen molar-refractivity contribution in [1.29, 1.82) is 0 Å². The van der Waals surface area contributed by atoms with Gasteiger partial charge in [-0.15, -0.1) is 5.10 Å². The molecule has 0 N–H and O–H groups in total. The monoisotopic (exact) mass is 217 g/mol. The normalized spacial score (nSPS) is 18.0. The van der Waals surface area contributed by atoms with E-state index in [4.69, 9.17) is 4.74 Å². The molecule has 16 heavy (non-hydrogen) atoms.